The van der Waals surface area contributed by atoms with Crippen LogP contribution >= 0.6 is 0 Å². The average Bonchev–Trinajstić information content (AvgIpc) is 2.72. The second-order valence-electron chi connectivity index (χ2n) is 10.9. The van der Waals surface area contributed by atoms with Gasteiger partial charge in [-0.2, -0.15) is 0 Å². The molecule has 0 amide bonds. The number of ether oxygens (including phenoxy) is 1. The number of hydrogen-bond donors (Lipinski definition) is 1. The lowest BCUT2D eigenvalue weighted by atomic mass is 9.48. The number of hydrogen-bond acceptors (Lipinski definition) is 3. The zero-order chi connectivity index (χ0) is 19.8. The quantitative estimate of drug-likeness (QED) is 0.690. The summed E-state index contributed by atoms with van der Waals surface area (Å²) in [5.41, 5.74) is 2.00. The van der Waals surface area contributed by atoms with Crippen LogP contribution in [0.15, 0.2) is 24.3 Å². The van der Waals surface area contributed by atoms with Crippen molar-refractivity contribution < 1.29 is 9.84 Å². The Balaban J connectivity index is 1.14. The van der Waals surface area contributed by atoms with Gasteiger partial charge in [0.2, 0.25) is 0 Å². The van der Waals surface area contributed by atoms with Crippen molar-refractivity contribution in [3.05, 3.63) is 29.8 Å². The van der Waals surface area contributed by atoms with E-state index in [-0.39, 0.29) is 0 Å². The van der Waals surface area contributed by atoms with Crippen molar-refractivity contribution in [2.45, 2.75) is 88.2 Å². The highest BCUT2D eigenvalue weighted by atomic mass is 16.5. The van der Waals surface area contributed by atoms with E-state index in [0.717, 1.165) is 23.5 Å². The van der Waals surface area contributed by atoms with Gasteiger partial charge in [0.25, 0.3) is 0 Å². The van der Waals surface area contributed by atoms with Crippen LogP contribution in [0.5, 0.6) is 5.75 Å². The molecule has 0 unspecified atom stereocenters. The molecule has 160 valence electrons. The first-order chi connectivity index (χ1) is 14.1. The number of rotatable bonds is 7. The van der Waals surface area contributed by atoms with E-state index in [1.165, 1.54) is 70.6 Å². The Bertz CT molecular complexity index is 643. The topological polar surface area (TPSA) is 32.7 Å². The van der Waals surface area contributed by atoms with Crippen LogP contribution in [-0.4, -0.2) is 42.4 Å². The van der Waals surface area contributed by atoms with Crippen molar-refractivity contribution in [3.8, 4) is 5.75 Å². The normalized spacial score (nSPS) is 35.2. The summed E-state index contributed by atoms with van der Waals surface area (Å²) in [6.07, 6.45) is 14.9. The van der Waals surface area contributed by atoms with Crippen LogP contribution in [0.2, 0.25) is 0 Å². The monoisotopic (exact) mass is 397 g/mol. The minimum Gasteiger partial charge on any atom is -0.491 e. The van der Waals surface area contributed by atoms with Gasteiger partial charge in [-0.05, 0) is 99.3 Å². The molecule has 5 aliphatic carbocycles. The second-order valence-corrected chi connectivity index (χ2v) is 10.9. The average molecular weight is 398 g/mol. The van der Waals surface area contributed by atoms with Gasteiger partial charge in [-0.1, -0.05) is 31.4 Å². The molecule has 4 bridgehead atoms. The maximum Gasteiger partial charge on any atom is 0.119 e. The molecule has 29 heavy (non-hydrogen) atoms. The number of aliphatic hydroxyl groups excluding tert-OH is 1. The predicted octanol–water partition coefficient (Wildman–Crippen LogP) is 5.16. The number of likely N-dealkylation sites (N-methyl/N-ethyl adjacent to an activating group) is 1. The highest BCUT2D eigenvalue weighted by molar-refractivity contribution is 5.34. The summed E-state index contributed by atoms with van der Waals surface area (Å²) in [6.45, 7) is 1.09. The SMILES string of the molecule is CN(C[C@H](O)COc1ccc(C23CC4CC(CC(C4)C2)C3)cc1)C1CCCCC1. The molecule has 5 fully saturated rings. The van der Waals surface area contributed by atoms with E-state index in [9.17, 15) is 5.11 Å². The maximum atomic E-state index is 10.5. The van der Waals surface area contributed by atoms with E-state index in [4.69, 9.17) is 4.74 Å². The van der Waals surface area contributed by atoms with E-state index in [0.29, 0.717) is 24.6 Å². The van der Waals surface area contributed by atoms with Crippen LogP contribution < -0.4 is 4.74 Å². The molecule has 3 nitrogen and oxygen atoms in total. The second kappa shape index (κ2) is 8.23. The highest BCUT2D eigenvalue weighted by Gasteiger charge is 2.51. The molecule has 1 aromatic carbocycles. The van der Waals surface area contributed by atoms with E-state index in [2.05, 4.69) is 36.2 Å². The highest BCUT2D eigenvalue weighted by Crippen LogP contribution is 2.60. The third-order valence-corrected chi connectivity index (χ3v) is 8.64. The predicted molar refractivity (Wildman–Crippen MR) is 117 cm³/mol. The summed E-state index contributed by atoms with van der Waals surface area (Å²) in [5.74, 6) is 3.84. The van der Waals surface area contributed by atoms with Gasteiger partial charge in [-0.3, -0.25) is 0 Å². The van der Waals surface area contributed by atoms with Crippen LogP contribution in [0, 0.1) is 17.8 Å². The Morgan fingerprint density at radius 2 is 1.55 bits per heavy atom. The van der Waals surface area contributed by atoms with Crippen molar-refractivity contribution in [2.75, 3.05) is 20.2 Å². The molecule has 1 atom stereocenters. The first kappa shape index (κ1) is 19.9. The fourth-order valence-electron chi connectivity index (χ4n) is 7.62. The largest absolute Gasteiger partial charge is 0.491 e. The molecule has 0 aliphatic heterocycles. The smallest absolute Gasteiger partial charge is 0.119 e. The summed E-state index contributed by atoms with van der Waals surface area (Å²) in [6, 6.07) is 9.57. The third-order valence-electron chi connectivity index (χ3n) is 8.64. The molecule has 0 heterocycles. The Hall–Kier alpha value is -1.06. The third kappa shape index (κ3) is 4.23. The van der Waals surface area contributed by atoms with Gasteiger partial charge in [0.05, 0.1) is 0 Å². The van der Waals surface area contributed by atoms with Gasteiger partial charge in [0.1, 0.15) is 18.5 Å². The first-order valence-corrected chi connectivity index (χ1v) is 12.2. The van der Waals surface area contributed by atoms with Gasteiger partial charge in [0, 0.05) is 12.6 Å². The van der Waals surface area contributed by atoms with E-state index in [1.54, 1.807) is 5.56 Å². The standard InChI is InChI=1S/C26H39NO2/c1-27(23-5-3-2-4-6-23)17-24(28)18-29-25-9-7-22(8-10-25)26-14-19-11-20(15-26)13-21(12-19)16-26/h7-10,19-21,23-24,28H,2-6,11-18H2,1H3/t19?,20?,21?,24-,26?/m0/s1. The molecule has 1 aromatic rings. The molecule has 1 N–H and O–H groups in total. The fraction of sp³-hybridized carbons (Fsp3) is 0.769. The van der Waals surface area contributed by atoms with E-state index < -0.39 is 6.10 Å². The minimum absolute atomic E-state index is 0.383. The number of nitrogens with zero attached hydrogens (tertiary/aromatic N) is 1. The van der Waals surface area contributed by atoms with Gasteiger partial charge < -0.3 is 14.7 Å². The lowest BCUT2D eigenvalue weighted by molar-refractivity contribution is -0.00522. The van der Waals surface area contributed by atoms with Gasteiger partial charge in [0.15, 0.2) is 0 Å². The van der Waals surface area contributed by atoms with Crippen molar-refractivity contribution >= 4 is 0 Å². The maximum absolute atomic E-state index is 10.5. The lowest BCUT2D eigenvalue weighted by Gasteiger charge is -2.57. The summed E-state index contributed by atoms with van der Waals surface area (Å²) in [4.78, 5) is 2.34. The zero-order valence-corrected chi connectivity index (χ0v) is 18.2. The molecule has 5 saturated carbocycles. The molecular weight excluding hydrogens is 358 g/mol. The summed E-state index contributed by atoms with van der Waals surface area (Å²) in [7, 11) is 2.15. The molecule has 0 saturated heterocycles. The Kier molecular flexibility index (Phi) is 5.64. The van der Waals surface area contributed by atoms with Crippen molar-refractivity contribution in [1.29, 1.82) is 0 Å². The Morgan fingerprint density at radius 1 is 0.966 bits per heavy atom. The fourth-order valence-corrected chi connectivity index (χ4v) is 7.62. The van der Waals surface area contributed by atoms with Crippen LogP contribution in [0.25, 0.3) is 0 Å². The van der Waals surface area contributed by atoms with Crippen molar-refractivity contribution in [2.24, 2.45) is 17.8 Å². The molecule has 3 heteroatoms. The van der Waals surface area contributed by atoms with Crippen molar-refractivity contribution in [3.63, 3.8) is 0 Å². The zero-order valence-electron chi connectivity index (χ0n) is 18.2. The van der Waals surface area contributed by atoms with Crippen LogP contribution in [0.3, 0.4) is 0 Å². The molecular formula is C26H39NO2. The summed E-state index contributed by atoms with van der Waals surface area (Å²) in [5, 5.41) is 10.5. The van der Waals surface area contributed by atoms with Crippen LogP contribution in [0.1, 0.15) is 76.2 Å². The number of benzene rings is 1. The van der Waals surface area contributed by atoms with E-state index >= 15 is 0 Å². The van der Waals surface area contributed by atoms with Crippen LogP contribution in [-0.2, 0) is 5.41 Å². The molecule has 5 aliphatic rings. The Labute approximate surface area is 176 Å². The van der Waals surface area contributed by atoms with Gasteiger partial charge >= 0.3 is 0 Å². The van der Waals surface area contributed by atoms with Gasteiger partial charge in [-0.15, -0.1) is 0 Å². The molecule has 6 rings (SSSR count). The molecule has 0 spiro atoms. The van der Waals surface area contributed by atoms with Gasteiger partial charge in [-0.25, -0.2) is 0 Å². The van der Waals surface area contributed by atoms with Crippen molar-refractivity contribution in [1.82, 2.24) is 4.90 Å². The molecule has 0 aromatic heterocycles. The number of aliphatic hydroxyl groups is 1. The first-order valence-electron chi connectivity index (χ1n) is 12.2. The summed E-state index contributed by atoms with van der Waals surface area (Å²) < 4.78 is 5.95. The molecule has 0 radical (unpaired) electrons. The summed E-state index contributed by atoms with van der Waals surface area (Å²) >= 11 is 0. The lowest BCUT2D eigenvalue weighted by Crippen LogP contribution is -2.48. The Morgan fingerprint density at radius 3 is 2.14 bits per heavy atom. The minimum atomic E-state index is -0.426. The van der Waals surface area contributed by atoms with E-state index in [1.807, 2.05) is 0 Å². The van der Waals surface area contributed by atoms with Crippen LogP contribution in [0.4, 0.5) is 0 Å².